The lowest BCUT2D eigenvalue weighted by atomic mass is 10.2. The zero-order valence-corrected chi connectivity index (χ0v) is 18.1. The molecule has 1 amide bonds. The largest absolute Gasteiger partial charge is 0.332 e. The molecule has 148 valence electrons. The highest BCUT2D eigenvalue weighted by atomic mass is 35.5. The van der Waals surface area contributed by atoms with Gasteiger partial charge in [0.1, 0.15) is 0 Å². The molecule has 29 heavy (non-hydrogen) atoms. The van der Waals surface area contributed by atoms with Crippen molar-refractivity contribution in [1.82, 2.24) is 0 Å². The summed E-state index contributed by atoms with van der Waals surface area (Å²) in [6, 6.07) is 22.8. The van der Waals surface area contributed by atoms with Gasteiger partial charge in [-0.2, -0.15) is 0 Å². The Morgan fingerprint density at radius 3 is 2.24 bits per heavy atom. The van der Waals surface area contributed by atoms with Crippen molar-refractivity contribution in [2.75, 3.05) is 21.7 Å². The summed E-state index contributed by atoms with van der Waals surface area (Å²) in [6.07, 6.45) is 0. The van der Waals surface area contributed by atoms with Gasteiger partial charge in [0, 0.05) is 27.0 Å². The minimum absolute atomic E-state index is 0.0766. The summed E-state index contributed by atoms with van der Waals surface area (Å²) in [6.45, 7) is 2.04. The van der Waals surface area contributed by atoms with E-state index in [0.717, 1.165) is 22.0 Å². The summed E-state index contributed by atoms with van der Waals surface area (Å²) in [7, 11) is 0. The van der Waals surface area contributed by atoms with Crippen LogP contribution in [0.4, 0.5) is 17.1 Å². The van der Waals surface area contributed by atoms with Crippen LogP contribution in [0.1, 0.15) is 5.56 Å². The first kappa shape index (κ1) is 21.2. The monoisotopic (exact) mass is 441 g/mol. The van der Waals surface area contributed by atoms with Gasteiger partial charge >= 0.3 is 0 Å². The Hall–Kier alpha value is -2.54. The van der Waals surface area contributed by atoms with Gasteiger partial charge in [-0.3, -0.25) is 4.79 Å². The molecule has 0 aromatic heterocycles. The summed E-state index contributed by atoms with van der Waals surface area (Å²) in [5.41, 5.74) is 3.71. The maximum atomic E-state index is 12.1. The van der Waals surface area contributed by atoms with Gasteiger partial charge in [-0.05, 0) is 73.7 Å². The quantitative estimate of drug-likeness (QED) is 0.314. The highest BCUT2D eigenvalue weighted by molar-refractivity contribution is 8.00. The first-order valence-corrected chi connectivity index (χ1v) is 10.7. The first-order valence-electron chi connectivity index (χ1n) is 8.91. The molecule has 3 aromatic carbocycles. The fraction of sp³-hybridized carbons (Fsp3) is 0.0909. The van der Waals surface area contributed by atoms with Crippen LogP contribution in [0.3, 0.4) is 0 Å². The Labute approximate surface area is 185 Å². The van der Waals surface area contributed by atoms with Crippen LogP contribution < -0.4 is 16.0 Å². The zero-order valence-electron chi connectivity index (χ0n) is 15.7. The van der Waals surface area contributed by atoms with Crippen LogP contribution in [0.15, 0.2) is 77.7 Å². The molecule has 0 saturated carbocycles. The molecule has 0 aliphatic carbocycles. The summed E-state index contributed by atoms with van der Waals surface area (Å²) in [5, 5.41) is 10.3. The fourth-order valence-corrected chi connectivity index (χ4v) is 3.59. The Balaban J connectivity index is 1.50. The molecule has 0 radical (unpaired) electrons. The number of thioether (sulfide) groups is 1. The molecule has 0 atom stereocenters. The van der Waals surface area contributed by atoms with Gasteiger partial charge in [0.2, 0.25) is 5.91 Å². The molecule has 3 N–H and O–H groups in total. The number of hydrogen-bond donors (Lipinski definition) is 3. The number of anilines is 3. The Kier molecular flexibility index (Phi) is 7.52. The minimum atomic E-state index is -0.0766. The van der Waals surface area contributed by atoms with Gasteiger partial charge in [-0.1, -0.05) is 35.4 Å². The van der Waals surface area contributed by atoms with E-state index in [1.54, 1.807) is 24.3 Å². The highest BCUT2D eigenvalue weighted by Gasteiger charge is 2.05. The standard InChI is InChI=1S/C22H20ClN3OS2/c1-15-5-9-18(10-6-15)25-22(28)26-19-3-2-4-20(13-19)29-14-21(27)24-17-11-7-16(23)8-12-17/h2-13H,14H2,1H3,(H,24,27)(H2,25,26,28). The molecule has 0 saturated heterocycles. The molecule has 0 heterocycles. The smallest absolute Gasteiger partial charge is 0.234 e. The molecular formula is C22H20ClN3OS2. The number of rotatable bonds is 6. The van der Waals surface area contributed by atoms with Gasteiger partial charge in [0.05, 0.1) is 5.75 Å². The molecule has 0 aliphatic heterocycles. The Bertz CT molecular complexity index is 992. The number of hydrogen-bond acceptors (Lipinski definition) is 3. The number of thiocarbonyl (C=S) groups is 1. The van der Waals surface area contributed by atoms with Crippen molar-refractivity contribution in [2.24, 2.45) is 0 Å². The molecule has 3 rings (SSSR count). The van der Waals surface area contributed by atoms with E-state index < -0.39 is 0 Å². The lowest BCUT2D eigenvalue weighted by Gasteiger charge is -2.12. The van der Waals surface area contributed by atoms with Crippen molar-refractivity contribution in [3.63, 3.8) is 0 Å². The normalized spacial score (nSPS) is 10.3. The van der Waals surface area contributed by atoms with Crippen LogP contribution in [0.2, 0.25) is 5.02 Å². The van der Waals surface area contributed by atoms with Crippen molar-refractivity contribution in [2.45, 2.75) is 11.8 Å². The Morgan fingerprint density at radius 1 is 0.897 bits per heavy atom. The summed E-state index contributed by atoms with van der Waals surface area (Å²) < 4.78 is 0. The fourth-order valence-electron chi connectivity index (χ4n) is 2.47. The molecular weight excluding hydrogens is 422 g/mol. The van der Waals surface area contributed by atoms with E-state index in [9.17, 15) is 4.79 Å². The van der Waals surface area contributed by atoms with Crippen molar-refractivity contribution < 1.29 is 4.79 Å². The van der Waals surface area contributed by atoms with Crippen LogP contribution in [0, 0.1) is 6.92 Å². The number of carbonyl (C=O) groups excluding carboxylic acids is 1. The number of amides is 1. The maximum Gasteiger partial charge on any atom is 0.234 e. The maximum absolute atomic E-state index is 12.1. The highest BCUT2D eigenvalue weighted by Crippen LogP contribution is 2.22. The predicted octanol–water partition coefficient (Wildman–Crippen LogP) is 6.19. The van der Waals surface area contributed by atoms with Crippen LogP contribution in [-0.2, 0) is 4.79 Å². The van der Waals surface area contributed by atoms with E-state index in [1.807, 2.05) is 55.5 Å². The van der Waals surface area contributed by atoms with Gasteiger partial charge < -0.3 is 16.0 Å². The van der Waals surface area contributed by atoms with E-state index in [2.05, 4.69) is 16.0 Å². The third-order valence-corrected chi connectivity index (χ3v) is 5.35. The number of benzene rings is 3. The average Bonchev–Trinajstić information content (AvgIpc) is 2.70. The predicted molar refractivity (Wildman–Crippen MR) is 128 cm³/mol. The van der Waals surface area contributed by atoms with Crippen LogP contribution in [0.5, 0.6) is 0 Å². The third-order valence-electron chi connectivity index (χ3n) is 3.90. The zero-order chi connectivity index (χ0) is 20.6. The molecule has 0 spiro atoms. The number of nitrogens with one attached hydrogen (secondary N) is 3. The molecule has 4 nitrogen and oxygen atoms in total. The minimum Gasteiger partial charge on any atom is -0.332 e. The molecule has 0 fully saturated rings. The van der Waals surface area contributed by atoms with Crippen LogP contribution in [-0.4, -0.2) is 16.8 Å². The average molecular weight is 442 g/mol. The Morgan fingerprint density at radius 2 is 1.52 bits per heavy atom. The lowest BCUT2D eigenvalue weighted by Crippen LogP contribution is -2.19. The third kappa shape index (κ3) is 7.09. The first-order chi connectivity index (χ1) is 14.0. The van der Waals surface area contributed by atoms with E-state index in [-0.39, 0.29) is 5.91 Å². The number of carbonyl (C=O) groups is 1. The lowest BCUT2D eigenvalue weighted by molar-refractivity contribution is -0.113. The molecule has 0 bridgehead atoms. The van der Waals surface area contributed by atoms with Gasteiger partial charge in [0.25, 0.3) is 0 Å². The number of halogens is 1. The molecule has 0 unspecified atom stereocenters. The van der Waals surface area contributed by atoms with Gasteiger partial charge in [0.15, 0.2) is 5.11 Å². The van der Waals surface area contributed by atoms with E-state index >= 15 is 0 Å². The van der Waals surface area contributed by atoms with Gasteiger partial charge in [-0.15, -0.1) is 11.8 Å². The second-order valence-corrected chi connectivity index (χ2v) is 8.21. The molecule has 7 heteroatoms. The van der Waals surface area contributed by atoms with Crippen molar-refractivity contribution in [1.29, 1.82) is 0 Å². The summed E-state index contributed by atoms with van der Waals surface area (Å²) in [5.74, 6) is 0.227. The van der Waals surface area contributed by atoms with E-state index in [0.29, 0.717) is 15.9 Å². The topological polar surface area (TPSA) is 53.2 Å². The van der Waals surface area contributed by atoms with E-state index in [1.165, 1.54) is 17.3 Å². The van der Waals surface area contributed by atoms with Crippen LogP contribution >= 0.6 is 35.6 Å². The summed E-state index contributed by atoms with van der Waals surface area (Å²) in [4.78, 5) is 13.1. The van der Waals surface area contributed by atoms with Crippen molar-refractivity contribution in [3.05, 3.63) is 83.4 Å². The summed E-state index contributed by atoms with van der Waals surface area (Å²) >= 11 is 12.7. The van der Waals surface area contributed by atoms with Gasteiger partial charge in [-0.25, -0.2) is 0 Å². The number of aryl methyl sites for hydroxylation is 1. The SMILES string of the molecule is Cc1ccc(NC(=S)Nc2cccc(SCC(=O)Nc3ccc(Cl)cc3)c2)cc1. The second kappa shape index (κ2) is 10.3. The van der Waals surface area contributed by atoms with Crippen LogP contribution in [0.25, 0.3) is 0 Å². The van der Waals surface area contributed by atoms with E-state index in [4.69, 9.17) is 23.8 Å². The van der Waals surface area contributed by atoms with Crippen molar-refractivity contribution in [3.8, 4) is 0 Å². The second-order valence-electron chi connectivity index (χ2n) is 6.32. The van der Waals surface area contributed by atoms with Crippen molar-refractivity contribution >= 4 is 63.7 Å². The molecule has 0 aliphatic rings. The molecule has 3 aromatic rings.